The number of aliphatic carboxylic acids is 1. The highest BCUT2D eigenvalue weighted by Crippen LogP contribution is 2.39. The molecule has 2 aliphatic heterocycles. The summed E-state index contributed by atoms with van der Waals surface area (Å²) in [5.74, 6) is -4.63. The minimum atomic E-state index is -3.01. The number of alkyl halides is 2. The fraction of sp³-hybridized carbons (Fsp3) is 0.548. The summed E-state index contributed by atoms with van der Waals surface area (Å²) < 4.78 is 51.3. The predicted octanol–water partition coefficient (Wildman–Crippen LogP) is 4.64. The average Bonchev–Trinajstić information content (AvgIpc) is 3.59. The number of aromatic nitrogens is 1. The molecule has 3 aliphatic rings. The van der Waals surface area contributed by atoms with Gasteiger partial charge in [-0.3, -0.25) is 19.6 Å². The van der Waals surface area contributed by atoms with E-state index in [1.165, 1.54) is 17.4 Å². The molecule has 0 unspecified atom stereocenters. The number of nitrogens with one attached hydrogen (secondary N) is 1. The van der Waals surface area contributed by atoms with Gasteiger partial charge in [0.25, 0.3) is 5.92 Å². The van der Waals surface area contributed by atoms with E-state index in [4.69, 9.17) is 14.8 Å². The zero-order valence-electron chi connectivity index (χ0n) is 25.1. The van der Waals surface area contributed by atoms with Crippen LogP contribution in [0.4, 0.5) is 13.2 Å². The van der Waals surface area contributed by atoms with Gasteiger partial charge in [-0.1, -0.05) is 19.1 Å². The number of carbonyl (C=O) groups excluding carboxylic acids is 1. The van der Waals surface area contributed by atoms with Crippen molar-refractivity contribution in [1.82, 2.24) is 20.1 Å². The molecule has 0 spiro atoms. The Morgan fingerprint density at radius 3 is 2.70 bits per heavy atom. The Morgan fingerprint density at radius 1 is 1.27 bits per heavy atom. The van der Waals surface area contributed by atoms with Gasteiger partial charge in [0.05, 0.1) is 30.7 Å². The fourth-order valence-electron chi connectivity index (χ4n) is 6.39. The third-order valence-corrected chi connectivity index (χ3v) is 9.63. The Kier molecular flexibility index (Phi) is 9.76. The molecule has 13 heteroatoms. The number of amidine groups is 1. The molecule has 1 aromatic heterocycles. The molecule has 2 atom stereocenters. The summed E-state index contributed by atoms with van der Waals surface area (Å²) in [7, 11) is 0. The van der Waals surface area contributed by atoms with Crippen LogP contribution in [0.3, 0.4) is 0 Å². The molecule has 1 saturated carbocycles. The first-order chi connectivity index (χ1) is 21.0. The molecule has 9 nitrogen and oxygen atoms in total. The molecular weight excluding hydrogens is 595 g/mol. The van der Waals surface area contributed by atoms with Gasteiger partial charge in [-0.15, -0.1) is 11.3 Å². The Bertz CT molecular complexity index is 1430. The number of carboxylic acids is 1. The summed E-state index contributed by atoms with van der Waals surface area (Å²) in [6.45, 7) is 5.69. The van der Waals surface area contributed by atoms with Crippen LogP contribution in [0.5, 0.6) is 0 Å². The van der Waals surface area contributed by atoms with Crippen molar-refractivity contribution in [2.45, 2.75) is 58.0 Å². The van der Waals surface area contributed by atoms with Crippen LogP contribution in [-0.4, -0.2) is 89.0 Å². The fourth-order valence-corrected chi connectivity index (χ4v) is 6.98. The molecule has 2 N–H and O–H groups in total. The number of hydrogen-bond donors (Lipinski definition) is 2. The number of aliphatic imine (C=N–C) groups is 1. The third-order valence-electron chi connectivity index (χ3n) is 8.85. The molecule has 2 aromatic rings. The number of halogens is 3. The van der Waals surface area contributed by atoms with Gasteiger partial charge in [0.1, 0.15) is 11.9 Å². The first kappa shape index (κ1) is 32.1. The second kappa shape index (κ2) is 13.4. The Morgan fingerprint density at radius 2 is 2.05 bits per heavy atom. The number of likely N-dealkylation sites (tertiary alicyclic amines) is 1. The number of rotatable bonds is 12. The Balaban J connectivity index is 1.42. The molecule has 3 heterocycles. The number of carbonyl (C=O) groups is 2. The SMILES string of the molecule is CCOC(=O)C1=C(CN2C[C@@H](N(CC)CCC3CC(C(=O)O)C3)C(F)(F)C2)NC(c2nccs2)=N[C@H]1c1cccc(F)c1C. The minimum Gasteiger partial charge on any atom is -0.481 e. The normalized spacial score (nSPS) is 25.0. The number of thiazole rings is 1. The molecule has 44 heavy (non-hydrogen) atoms. The van der Waals surface area contributed by atoms with E-state index < -0.39 is 42.3 Å². The van der Waals surface area contributed by atoms with Crippen LogP contribution < -0.4 is 5.32 Å². The van der Waals surface area contributed by atoms with Crippen LogP contribution >= 0.6 is 11.3 Å². The Hall–Kier alpha value is -3.29. The number of ether oxygens (including phenoxy) is 1. The van der Waals surface area contributed by atoms with Gasteiger partial charge in [0, 0.05) is 30.4 Å². The number of carboxylic acid groups (broad SMARTS) is 1. The van der Waals surface area contributed by atoms with E-state index in [1.807, 2.05) is 6.92 Å². The molecule has 1 saturated heterocycles. The molecule has 2 fully saturated rings. The van der Waals surface area contributed by atoms with Crippen LogP contribution in [0, 0.1) is 24.6 Å². The zero-order chi connectivity index (χ0) is 31.6. The lowest BCUT2D eigenvalue weighted by molar-refractivity contribution is -0.146. The van der Waals surface area contributed by atoms with E-state index in [1.54, 1.807) is 47.4 Å². The standard InChI is InChI=1S/C31H38F3N5O4S/c1-4-39(11-9-19-13-20(14-19)29(40)41)24-16-38(17-31(24,33)34)15-23-25(30(42)43-5-2)26(21-7-6-8-22(32)18(21)3)37-27(36-23)28-35-10-12-44-28/h6-8,10,12,19-20,24,26H,4-5,9,11,13-17H2,1-3H3,(H,36,37)(H,40,41)/t19?,20?,24-,26+/m1/s1. The van der Waals surface area contributed by atoms with E-state index in [2.05, 4.69) is 10.3 Å². The summed E-state index contributed by atoms with van der Waals surface area (Å²) >= 11 is 1.33. The van der Waals surface area contributed by atoms with Crippen molar-refractivity contribution >= 4 is 29.1 Å². The summed E-state index contributed by atoms with van der Waals surface area (Å²) in [5, 5.41) is 14.7. The summed E-state index contributed by atoms with van der Waals surface area (Å²) in [4.78, 5) is 37.1. The van der Waals surface area contributed by atoms with Crippen LogP contribution in [0.25, 0.3) is 0 Å². The molecule has 0 radical (unpaired) electrons. The Labute approximate surface area is 258 Å². The summed E-state index contributed by atoms with van der Waals surface area (Å²) in [6, 6.07) is 2.63. The average molecular weight is 634 g/mol. The lowest BCUT2D eigenvalue weighted by atomic mass is 9.73. The number of likely N-dealkylation sites (N-methyl/N-ethyl adjacent to an activating group) is 1. The monoisotopic (exact) mass is 633 g/mol. The van der Waals surface area contributed by atoms with Gasteiger partial charge in [-0.25, -0.2) is 22.9 Å². The first-order valence-electron chi connectivity index (χ1n) is 15.0. The zero-order valence-corrected chi connectivity index (χ0v) is 25.9. The first-order valence-corrected chi connectivity index (χ1v) is 15.9. The molecular formula is C31H38F3N5O4S. The minimum absolute atomic E-state index is 0.00400. The molecule has 5 rings (SSSR count). The van der Waals surface area contributed by atoms with E-state index >= 15 is 8.78 Å². The number of nitrogens with zero attached hydrogens (tertiary/aromatic N) is 4. The predicted molar refractivity (Wildman–Crippen MR) is 160 cm³/mol. The molecule has 0 amide bonds. The van der Waals surface area contributed by atoms with E-state index in [0.717, 1.165) is 0 Å². The van der Waals surface area contributed by atoms with Crippen molar-refractivity contribution in [3.05, 3.63) is 63.0 Å². The van der Waals surface area contributed by atoms with Crippen LogP contribution in [0.2, 0.25) is 0 Å². The van der Waals surface area contributed by atoms with Crippen molar-refractivity contribution in [2.24, 2.45) is 16.8 Å². The van der Waals surface area contributed by atoms with Gasteiger partial charge < -0.3 is 15.2 Å². The van der Waals surface area contributed by atoms with E-state index in [0.29, 0.717) is 60.0 Å². The number of hydrogen-bond acceptors (Lipinski definition) is 9. The number of esters is 1. The van der Waals surface area contributed by atoms with Crippen LogP contribution in [-0.2, 0) is 14.3 Å². The summed E-state index contributed by atoms with van der Waals surface area (Å²) in [5.41, 5.74) is 1.32. The van der Waals surface area contributed by atoms with Crippen molar-refractivity contribution in [3.8, 4) is 0 Å². The summed E-state index contributed by atoms with van der Waals surface area (Å²) in [6.07, 6.45) is 3.47. The smallest absolute Gasteiger partial charge is 0.338 e. The largest absolute Gasteiger partial charge is 0.481 e. The van der Waals surface area contributed by atoms with E-state index in [9.17, 15) is 14.0 Å². The van der Waals surface area contributed by atoms with Gasteiger partial charge in [0.15, 0.2) is 10.8 Å². The third kappa shape index (κ3) is 6.69. The highest BCUT2D eigenvalue weighted by Gasteiger charge is 2.51. The lowest BCUT2D eigenvalue weighted by Gasteiger charge is -2.36. The van der Waals surface area contributed by atoms with Crippen molar-refractivity contribution in [2.75, 3.05) is 39.3 Å². The van der Waals surface area contributed by atoms with Gasteiger partial charge >= 0.3 is 11.9 Å². The maximum atomic E-state index is 15.6. The van der Waals surface area contributed by atoms with Gasteiger partial charge in [-0.05, 0) is 69.3 Å². The quantitative estimate of drug-likeness (QED) is 0.326. The second-order valence-corrected chi connectivity index (χ2v) is 12.5. The number of benzene rings is 1. The lowest BCUT2D eigenvalue weighted by Crippen LogP contribution is -2.48. The molecule has 1 aromatic carbocycles. The van der Waals surface area contributed by atoms with Crippen LogP contribution in [0.1, 0.15) is 55.3 Å². The van der Waals surface area contributed by atoms with Gasteiger partial charge in [0.2, 0.25) is 0 Å². The molecule has 0 bridgehead atoms. The second-order valence-electron chi connectivity index (χ2n) is 11.6. The van der Waals surface area contributed by atoms with Crippen molar-refractivity contribution in [1.29, 1.82) is 0 Å². The highest BCUT2D eigenvalue weighted by atomic mass is 32.1. The molecule has 238 valence electrons. The highest BCUT2D eigenvalue weighted by molar-refractivity contribution is 7.11. The van der Waals surface area contributed by atoms with E-state index in [-0.39, 0.29) is 37.1 Å². The molecule has 1 aliphatic carbocycles. The van der Waals surface area contributed by atoms with Crippen molar-refractivity contribution in [3.63, 3.8) is 0 Å². The topological polar surface area (TPSA) is 107 Å². The van der Waals surface area contributed by atoms with Crippen molar-refractivity contribution < 1.29 is 32.6 Å². The van der Waals surface area contributed by atoms with Gasteiger partial charge in [-0.2, -0.15) is 0 Å². The van der Waals surface area contributed by atoms with Crippen LogP contribution in [0.15, 0.2) is 46.0 Å². The maximum absolute atomic E-state index is 15.6. The maximum Gasteiger partial charge on any atom is 0.338 e.